The van der Waals surface area contributed by atoms with E-state index in [1.807, 2.05) is 0 Å². The molecule has 0 aromatic heterocycles. The summed E-state index contributed by atoms with van der Waals surface area (Å²) in [6, 6.07) is 0.343. The molecule has 2 nitrogen and oxygen atoms in total. The van der Waals surface area contributed by atoms with Gasteiger partial charge in [-0.05, 0) is 25.7 Å². The fraction of sp³-hybridized carbons (Fsp3) is 0.933. The average Bonchev–Trinajstić information content (AvgIpc) is 2.56. The van der Waals surface area contributed by atoms with Gasteiger partial charge in [0.1, 0.15) is 0 Å². The van der Waals surface area contributed by atoms with E-state index in [9.17, 15) is 4.79 Å². The number of rotatable bonds is 6. The standard InChI is InChI=1S/C15H28BrNO/c1-3-5-9-12(4-2)15(18)17-14-11-8-6-7-10-13(14)16/h12-14H,3-11H2,1-2H3,(H,17,18). The van der Waals surface area contributed by atoms with Crippen molar-refractivity contribution in [1.82, 2.24) is 5.32 Å². The van der Waals surface area contributed by atoms with Crippen LogP contribution in [0.3, 0.4) is 0 Å². The van der Waals surface area contributed by atoms with Crippen molar-refractivity contribution in [2.75, 3.05) is 0 Å². The van der Waals surface area contributed by atoms with E-state index in [0.717, 1.165) is 25.7 Å². The predicted octanol–water partition coefficient (Wildman–Crippen LogP) is 4.42. The topological polar surface area (TPSA) is 29.1 Å². The molecule has 0 aromatic carbocycles. The van der Waals surface area contributed by atoms with E-state index in [1.165, 1.54) is 32.1 Å². The van der Waals surface area contributed by atoms with Gasteiger partial charge < -0.3 is 5.32 Å². The largest absolute Gasteiger partial charge is 0.352 e. The van der Waals surface area contributed by atoms with Crippen LogP contribution in [0.25, 0.3) is 0 Å². The summed E-state index contributed by atoms with van der Waals surface area (Å²) in [5, 5.41) is 3.28. The first-order chi connectivity index (χ1) is 8.69. The highest BCUT2D eigenvalue weighted by Gasteiger charge is 2.25. The molecule has 0 radical (unpaired) electrons. The van der Waals surface area contributed by atoms with Crippen molar-refractivity contribution in [2.45, 2.75) is 82.5 Å². The van der Waals surface area contributed by atoms with Gasteiger partial charge in [0.2, 0.25) is 5.91 Å². The Kier molecular flexibility index (Phi) is 7.96. The smallest absolute Gasteiger partial charge is 0.223 e. The highest BCUT2D eigenvalue weighted by atomic mass is 79.9. The zero-order chi connectivity index (χ0) is 13.4. The second-order valence-corrected chi connectivity index (χ2v) is 6.69. The number of halogens is 1. The quantitative estimate of drug-likeness (QED) is 0.570. The van der Waals surface area contributed by atoms with Gasteiger partial charge >= 0.3 is 0 Å². The van der Waals surface area contributed by atoms with Gasteiger partial charge in [0.25, 0.3) is 0 Å². The third-order valence-corrected chi connectivity index (χ3v) is 5.13. The zero-order valence-electron chi connectivity index (χ0n) is 11.9. The fourth-order valence-electron chi connectivity index (χ4n) is 2.70. The minimum absolute atomic E-state index is 0.216. The monoisotopic (exact) mass is 317 g/mol. The lowest BCUT2D eigenvalue weighted by atomic mass is 9.97. The first-order valence-electron chi connectivity index (χ1n) is 7.63. The van der Waals surface area contributed by atoms with Gasteiger partial charge in [-0.2, -0.15) is 0 Å². The second-order valence-electron chi connectivity index (χ2n) is 5.52. The molecule has 0 saturated heterocycles. The van der Waals surface area contributed by atoms with Crippen molar-refractivity contribution in [3.05, 3.63) is 0 Å². The summed E-state index contributed by atoms with van der Waals surface area (Å²) in [4.78, 5) is 12.7. The maximum absolute atomic E-state index is 12.3. The van der Waals surface area contributed by atoms with Crippen LogP contribution in [0.15, 0.2) is 0 Å². The van der Waals surface area contributed by atoms with Crippen molar-refractivity contribution in [3.8, 4) is 0 Å². The van der Waals surface area contributed by atoms with Crippen LogP contribution in [-0.2, 0) is 4.79 Å². The minimum Gasteiger partial charge on any atom is -0.352 e. The van der Waals surface area contributed by atoms with E-state index >= 15 is 0 Å². The van der Waals surface area contributed by atoms with Gasteiger partial charge in [-0.3, -0.25) is 4.79 Å². The molecule has 1 aliphatic rings. The zero-order valence-corrected chi connectivity index (χ0v) is 13.5. The number of alkyl halides is 1. The van der Waals surface area contributed by atoms with Crippen molar-refractivity contribution >= 4 is 21.8 Å². The predicted molar refractivity (Wildman–Crippen MR) is 81.0 cm³/mol. The normalized spacial score (nSPS) is 26.4. The molecule has 1 fully saturated rings. The lowest BCUT2D eigenvalue weighted by Gasteiger charge is -2.24. The molecule has 3 atom stereocenters. The van der Waals surface area contributed by atoms with Crippen LogP contribution in [0, 0.1) is 5.92 Å². The Balaban J connectivity index is 2.44. The van der Waals surface area contributed by atoms with Crippen molar-refractivity contribution < 1.29 is 4.79 Å². The molecular weight excluding hydrogens is 290 g/mol. The molecule has 1 amide bonds. The summed E-state index contributed by atoms with van der Waals surface area (Å²) in [6.07, 6.45) is 10.5. The van der Waals surface area contributed by atoms with Crippen LogP contribution in [-0.4, -0.2) is 16.8 Å². The Morgan fingerprint density at radius 1 is 1.28 bits per heavy atom. The van der Waals surface area contributed by atoms with Crippen LogP contribution >= 0.6 is 15.9 Å². The molecule has 1 aliphatic carbocycles. The molecule has 18 heavy (non-hydrogen) atoms. The SMILES string of the molecule is CCCCC(CC)C(=O)NC1CCCCCC1Br. The fourth-order valence-corrected chi connectivity index (χ4v) is 3.42. The van der Waals surface area contributed by atoms with Crippen LogP contribution in [0.4, 0.5) is 0 Å². The van der Waals surface area contributed by atoms with Crippen molar-refractivity contribution in [3.63, 3.8) is 0 Å². The molecule has 1 saturated carbocycles. The van der Waals surface area contributed by atoms with E-state index in [-0.39, 0.29) is 11.8 Å². The number of amides is 1. The molecule has 1 N–H and O–H groups in total. The summed E-state index contributed by atoms with van der Waals surface area (Å²) >= 11 is 3.74. The first-order valence-corrected chi connectivity index (χ1v) is 8.55. The summed E-state index contributed by atoms with van der Waals surface area (Å²) < 4.78 is 0. The number of nitrogens with one attached hydrogen (secondary N) is 1. The van der Waals surface area contributed by atoms with Gasteiger partial charge in [-0.25, -0.2) is 0 Å². The van der Waals surface area contributed by atoms with E-state index in [0.29, 0.717) is 10.9 Å². The van der Waals surface area contributed by atoms with Crippen molar-refractivity contribution in [2.24, 2.45) is 5.92 Å². The third kappa shape index (κ3) is 5.29. The Morgan fingerprint density at radius 2 is 2.00 bits per heavy atom. The Bertz CT molecular complexity index is 245. The molecule has 1 rings (SSSR count). The van der Waals surface area contributed by atoms with E-state index in [2.05, 4.69) is 35.1 Å². The molecule has 3 unspecified atom stereocenters. The molecule has 0 spiro atoms. The van der Waals surface area contributed by atoms with Gasteiger partial charge in [-0.15, -0.1) is 0 Å². The number of hydrogen-bond donors (Lipinski definition) is 1. The maximum atomic E-state index is 12.3. The summed E-state index contributed by atoms with van der Waals surface area (Å²) in [5.41, 5.74) is 0. The lowest BCUT2D eigenvalue weighted by Crippen LogP contribution is -2.43. The molecule has 0 aromatic rings. The first kappa shape index (κ1) is 16.0. The molecule has 0 heterocycles. The van der Waals surface area contributed by atoms with Gasteiger partial charge in [-0.1, -0.05) is 61.9 Å². The van der Waals surface area contributed by atoms with Crippen LogP contribution < -0.4 is 5.32 Å². The van der Waals surface area contributed by atoms with Crippen LogP contribution in [0.2, 0.25) is 0 Å². The van der Waals surface area contributed by atoms with Gasteiger partial charge in [0.05, 0.1) is 0 Å². The van der Waals surface area contributed by atoms with Crippen LogP contribution in [0.5, 0.6) is 0 Å². The summed E-state index contributed by atoms with van der Waals surface area (Å²) in [7, 11) is 0. The van der Waals surface area contributed by atoms with E-state index in [1.54, 1.807) is 0 Å². The minimum atomic E-state index is 0.216. The Hall–Kier alpha value is -0.0500. The third-order valence-electron chi connectivity index (χ3n) is 4.03. The Morgan fingerprint density at radius 3 is 2.67 bits per heavy atom. The van der Waals surface area contributed by atoms with E-state index < -0.39 is 0 Å². The van der Waals surface area contributed by atoms with E-state index in [4.69, 9.17) is 0 Å². The highest BCUT2D eigenvalue weighted by molar-refractivity contribution is 9.09. The van der Waals surface area contributed by atoms with Gasteiger partial charge in [0.15, 0.2) is 0 Å². The summed E-state index contributed by atoms with van der Waals surface area (Å²) in [5.74, 6) is 0.496. The maximum Gasteiger partial charge on any atom is 0.223 e. The number of carbonyl (C=O) groups is 1. The number of carbonyl (C=O) groups excluding carboxylic acids is 1. The molecule has 3 heteroatoms. The molecule has 0 aliphatic heterocycles. The highest BCUT2D eigenvalue weighted by Crippen LogP contribution is 2.24. The van der Waals surface area contributed by atoms with Crippen LogP contribution in [0.1, 0.15) is 71.6 Å². The molecule has 0 bridgehead atoms. The van der Waals surface area contributed by atoms with Crippen molar-refractivity contribution in [1.29, 1.82) is 0 Å². The number of unbranched alkanes of at least 4 members (excludes halogenated alkanes) is 1. The average molecular weight is 318 g/mol. The molecule has 106 valence electrons. The molecular formula is C15H28BrNO. The second kappa shape index (κ2) is 8.95. The lowest BCUT2D eigenvalue weighted by molar-refractivity contribution is -0.126. The summed E-state index contributed by atoms with van der Waals surface area (Å²) in [6.45, 7) is 4.31. The van der Waals surface area contributed by atoms with Gasteiger partial charge in [0, 0.05) is 16.8 Å². The number of hydrogen-bond acceptors (Lipinski definition) is 1. The Labute approximate surface area is 120 Å².